The number of hydrogen-bond donors (Lipinski definition) is 0. The Bertz CT molecular complexity index is 408. The normalized spacial score (nSPS) is 28.1. The van der Waals surface area contributed by atoms with Gasteiger partial charge < -0.3 is 9.80 Å². The standard InChI is InChI=1S/C16H25N3O/c1-13-7-6-8-14(2)19(13)12-15(11-17)16(20)18-9-4-3-5-10-18/h12-14H,3-10H2,1-2H3/b15-12-. The Morgan fingerprint density at radius 3 is 2.25 bits per heavy atom. The van der Waals surface area contributed by atoms with Gasteiger partial charge in [-0.15, -0.1) is 0 Å². The molecule has 2 rings (SSSR count). The Labute approximate surface area is 122 Å². The van der Waals surface area contributed by atoms with Crippen LogP contribution in [0.4, 0.5) is 0 Å². The van der Waals surface area contributed by atoms with Gasteiger partial charge in [0, 0.05) is 31.4 Å². The lowest BCUT2D eigenvalue weighted by atomic mass is 9.98. The first-order valence-corrected chi connectivity index (χ1v) is 7.82. The largest absolute Gasteiger partial charge is 0.371 e. The Hall–Kier alpha value is -1.50. The fraction of sp³-hybridized carbons (Fsp3) is 0.750. The van der Waals surface area contributed by atoms with Crippen LogP contribution in [0.25, 0.3) is 0 Å². The number of nitrogens with zero attached hydrogens (tertiary/aromatic N) is 3. The molecule has 0 spiro atoms. The fourth-order valence-corrected chi connectivity index (χ4v) is 3.24. The third-order valence-electron chi connectivity index (χ3n) is 4.53. The molecule has 0 N–H and O–H groups in total. The van der Waals surface area contributed by atoms with Gasteiger partial charge in [-0.3, -0.25) is 4.79 Å². The molecule has 2 fully saturated rings. The Kier molecular flexibility index (Phi) is 5.05. The number of carbonyl (C=O) groups is 1. The summed E-state index contributed by atoms with van der Waals surface area (Å²) < 4.78 is 0. The predicted molar refractivity (Wildman–Crippen MR) is 78.7 cm³/mol. The van der Waals surface area contributed by atoms with Gasteiger partial charge in [0.05, 0.1) is 0 Å². The first-order chi connectivity index (χ1) is 9.63. The molecule has 0 radical (unpaired) electrons. The molecule has 2 atom stereocenters. The number of rotatable bonds is 2. The van der Waals surface area contributed by atoms with Crippen molar-refractivity contribution in [3.63, 3.8) is 0 Å². The highest BCUT2D eigenvalue weighted by molar-refractivity contribution is 5.97. The molecule has 4 nitrogen and oxygen atoms in total. The van der Waals surface area contributed by atoms with Crippen LogP contribution >= 0.6 is 0 Å². The van der Waals surface area contributed by atoms with E-state index in [9.17, 15) is 10.1 Å². The van der Waals surface area contributed by atoms with Gasteiger partial charge in [0.15, 0.2) is 0 Å². The van der Waals surface area contributed by atoms with Gasteiger partial charge in [-0.2, -0.15) is 5.26 Å². The molecule has 2 unspecified atom stereocenters. The zero-order valence-corrected chi connectivity index (χ0v) is 12.6. The molecule has 4 heteroatoms. The van der Waals surface area contributed by atoms with Crippen molar-refractivity contribution in [1.82, 2.24) is 9.80 Å². The number of carbonyl (C=O) groups excluding carboxylic acids is 1. The minimum atomic E-state index is -0.0860. The van der Waals surface area contributed by atoms with Crippen LogP contribution < -0.4 is 0 Å². The molecule has 2 saturated heterocycles. The topological polar surface area (TPSA) is 47.3 Å². The highest BCUT2D eigenvalue weighted by Gasteiger charge is 2.25. The second-order valence-electron chi connectivity index (χ2n) is 6.08. The van der Waals surface area contributed by atoms with E-state index < -0.39 is 0 Å². The lowest BCUT2D eigenvalue weighted by Crippen LogP contribution is -2.41. The fourth-order valence-electron chi connectivity index (χ4n) is 3.24. The molecule has 2 heterocycles. The highest BCUT2D eigenvalue weighted by atomic mass is 16.2. The van der Waals surface area contributed by atoms with E-state index in [1.807, 2.05) is 11.1 Å². The maximum absolute atomic E-state index is 12.4. The minimum absolute atomic E-state index is 0.0860. The van der Waals surface area contributed by atoms with Crippen molar-refractivity contribution >= 4 is 5.91 Å². The van der Waals surface area contributed by atoms with Gasteiger partial charge in [-0.25, -0.2) is 0 Å². The van der Waals surface area contributed by atoms with Crippen molar-refractivity contribution in [2.75, 3.05) is 13.1 Å². The number of hydrogen-bond acceptors (Lipinski definition) is 3. The number of piperidine rings is 2. The summed E-state index contributed by atoms with van der Waals surface area (Å²) in [5, 5.41) is 9.34. The van der Waals surface area contributed by atoms with Crippen molar-refractivity contribution in [3.8, 4) is 6.07 Å². The molecule has 0 aromatic rings. The zero-order valence-electron chi connectivity index (χ0n) is 12.6. The third-order valence-corrected chi connectivity index (χ3v) is 4.53. The van der Waals surface area contributed by atoms with Crippen molar-refractivity contribution < 1.29 is 4.79 Å². The van der Waals surface area contributed by atoms with Crippen LogP contribution in [-0.2, 0) is 4.79 Å². The molecule has 0 aliphatic carbocycles. The molecule has 20 heavy (non-hydrogen) atoms. The molecule has 110 valence electrons. The average molecular weight is 275 g/mol. The SMILES string of the molecule is CC1CCCC(C)N1/C=C(/C#N)C(=O)N1CCCCC1. The molecule has 0 aromatic carbocycles. The van der Waals surface area contributed by atoms with E-state index in [1.165, 1.54) is 12.8 Å². The summed E-state index contributed by atoms with van der Waals surface area (Å²) in [4.78, 5) is 16.5. The van der Waals surface area contributed by atoms with Crippen LogP contribution in [0.3, 0.4) is 0 Å². The summed E-state index contributed by atoms with van der Waals surface area (Å²) in [6.45, 7) is 5.94. The monoisotopic (exact) mass is 275 g/mol. The lowest BCUT2D eigenvalue weighted by Gasteiger charge is -2.38. The van der Waals surface area contributed by atoms with E-state index in [0.29, 0.717) is 17.7 Å². The predicted octanol–water partition coefficient (Wildman–Crippen LogP) is 2.67. The quantitative estimate of drug-likeness (QED) is 0.575. The van der Waals surface area contributed by atoms with Crippen molar-refractivity contribution in [2.45, 2.75) is 64.5 Å². The maximum atomic E-state index is 12.4. The molecule has 1 amide bonds. The second-order valence-corrected chi connectivity index (χ2v) is 6.08. The smallest absolute Gasteiger partial charge is 0.266 e. The third kappa shape index (κ3) is 3.33. The molecule has 0 bridgehead atoms. The van der Waals surface area contributed by atoms with Gasteiger partial charge in [-0.05, 0) is 52.4 Å². The van der Waals surface area contributed by atoms with Crippen LogP contribution in [0.15, 0.2) is 11.8 Å². The first kappa shape index (κ1) is 14.9. The van der Waals surface area contributed by atoms with Crippen LogP contribution in [0.2, 0.25) is 0 Å². The summed E-state index contributed by atoms with van der Waals surface area (Å²) in [5.41, 5.74) is 0.299. The summed E-state index contributed by atoms with van der Waals surface area (Å²) in [6, 6.07) is 2.94. The molecule has 0 saturated carbocycles. The van der Waals surface area contributed by atoms with Gasteiger partial charge in [-0.1, -0.05) is 0 Å². The van der Waals surface area contributed by atoms with E-state index in [2.05, 4.69) is 24.8 Å². The molecule has 2 aliphatic heterocycles. The summed E-state index contributed by atoms with van der Waals surface area (Å²) in [6.07, 6.45) is 8.62. The Morgan fingerprint density at radius 1 is 1.10 bits per heavy atom. The summed E-state index contributed by atoms with van der Waals surface area (Å²) in [7, 11) is 0. The van der Waals surface area contributed by atoms with E-state index in [4.69, 9.17) is 0 Å². The van der Waals surface area contributed by atoms with Crippen molar-refractivity contribution in [3.05, 3.63) is 11.8 Å². The molecule has 0 aromatic heterocycles. The Morgan fingerprint density at radius 2 is 1.70 bits per heavy atom. The van der Waals surface area contributed by atoms with E-state index in [-0.39, 0.29) is 5.91 Å². The number of nitriles is 1. The van der Waals surface area contributed by atoms with Gasteiger partial charge in [0.25, 0.3) is 5.91 Å². The van der Waals surface area contributed by atoms with E-state index in [0.717, 1.165) is 38.8 Å². The van der Waals surface area contributed by atoms with Gasteiger partial charge in [0.1, 0.15) is 11.6 Å². The summed E-state index contributed by atoms with van der Waals surface area (Å²) in [5.74, 6) is -0.0860. The maximum Gasteiger partial charge on any atom is 0.266 e. The van der Waals surface area contributed by atoms with E-state index >= 15 is 0 Å². The number of likely N-dealkylation sites (tertiary alicyclic amines) is 2. The van der Waals surface area contributed by atoms with Crippen LogP contribution in [0.5, 0.6) is 0 Å². The zero-order chi connectivity index (χ0) is 14.5. The number of amides is 1. The second kappa shape index (κ2) is 6.78. The van der Waals surface area contributed by atoms with Crippen LogP contribution in [0.1, 0.15) is 52.4 Å². The Balaban J connectivity index is 2.11. The summed E-state index contributed by atoms with van der Waals surface area (Å²) >= 11 is 0. The molecule has 2 aliphatic rings. The van der Waals surface area contributed by atoms with Crippen molar-refractivity contribution in [1.29, 1.82) is 5.26 Å². The highest BCUT2D eigenvalue weighted by Crippen LogP contribution is 2.24. The van der Waals surface area contributed by atoms with Crippen LogP contribution in [-0.4, -0.2) is 40.9 Å². The minimum Gasteiger partial charge on any atom is -0.371 e. The molecular formula is C16H25N3O. The van der Waals surface area contributed by atoms with E-state index in [1.54, 1.807) is 0 Å². The van der Waals surface area contributed by atoms with Crippen LogP contribution in [0, 0.1) is 11.3 Å². The first-order valence-electron chi connectivity index (χ1n) is 7.82. The molecular weight excluding hydrogens is 250 g/mol. The average Bonchev–Trinajstić information content (AvgIpc) is 2.47. The van der Waals surface area contributed by atoms with Gasteiger partial charge >= 0.3 is 0 Å². The van der Waals surface area contributed by atoms with Crippen molar-refractivity contribution in [2.24, 2.45) is 0 Å². The lowest BCUT2D eigenvalue weighted by molar-refractivity contribution is -0.127. The van der Waals surface area contributed by atoms with Gasteiger partial charge in [0.2, 0.25) is 0 Å².